The van der Waals surface area contributed by atoms with E-state index in [9.17, 15) is 10.1 Å². The van der Waals surface area contributed by atoms with E-state index in [-0.39, 0.29) is 11.1 Å². The number of nitro benzene ring substituents is 1. The average Bonchev–Trinajstić information content (AvgIpc) is 3.10. The molecular weight excluding hydrogens is 328 g/mol. The Morgan fingerprint density at radius 1 is 1.12 bits per heavy atom. The number of aromatic nitrogens is 2. The first-order valence-electron chi connectivity index (χ1n) is 8.41. The molecule has 0 fully saturated rings. The van der Waals surface area contributed by atoms with Gasteiger partial charge in [-0.15, -0.1) is 0 Å². The van der Waals surface area contributed by atoms with Gasteiger partial charge in [-0.05, 0) is 17.0 Å². The number of hydrogen-bond acceptors (Lipinski definition) is 4. The largest absolute Gasteiger partial charge is 0.386 e. The fourth-order valence-corrected chi connectivity index (χ4v) is 2.80. The lowest BCUT2D eigenvalue weighted by Gasteiger charge is -2.18. The molecule has 3 aromatic rings. The third-order valence-electron chi connectivity index (χ3n) is 4.37. The number of nitrogens with zero attached hydrogens (tertiary/aromatic N) is 3. The minimum absolute atomic E-state index is 0.0452. The van der Waals surface area contributed by atoms with Gasteiger partial charge in [0.15, 0.2) is 0 Å². The van der Waals surface area contributed by atoms with Gasteiger partial charge in [-0.3, -0.25) is 10.1 Å². The van der Waals surface area contributed by atoms with Gasteiger partial charge in [0.25, 0.3) is 5.69 Å². The zero-order valence-electron chi connectivity index (χ0n) is 15.4. The van der Waals surface area contributed by atoms with Crippen LogP contribution < -0.4 is 5.32 Å². The molecule has 0 amide bonds. The van der Waals surface area contributed by atoms with Crippen LogP contribution in [0.4, 0.5) is 11.4 Å². The predicted octanol–water partition coefficient (Wildman–Crippen LogP) is 4.79. The minimum Gasteiger partial charge on any atom is -0.386 e. The van der Waals surface area contributed by atoms with E-state index in [0.717, 1.165) is 16.9 Å². The molecule has 0 saturated carbocycles. The smallest absolute Gasteiger partial charge is 0.271 e. The van der Waals surface area contributed by atoms with Crippen molar-refractivity contribution in [1.82, 2.24) is 9.55 Å². The summed E-state index contributed by atoms with van der Waals surface area (Å²) in [5.74, 6) is 0. The molecule has 0 spiro atoms. The molecule has 134 valence electrons. The van der Waals surface area contributed by atoms with E-state index in [4.69, 9.17) is 0 Å². The van der Waals surface area contributed by atoms with Gasteiger partial charge in [0.2, 0.25) is 0 Å². The maximum Gasteiger partial charge on any atom is 0.271 e. The summed E-state index contributed by atoms with van der Waals surface area (Å²) in [6.07, 6.45) is 3.55. The van der Waals surface area contributed by atoms with E-state index in [0.29, 0.717) is 5.69 Å². The average molecular weight is 350 g/mol. The summed E-state index contributed by atoms with van der Waals surface area (Å²) >= 11 is 0. The van der Waals surface area contributed by atoms with Crippen molar-refractivity contribution in [2.45, 2.75) is 26.2 Å². The van der Waals surface area contributed by atoms with Crippen molar-refractivity contribution < 1.29 is 4.92 Å². The van der Waals surface area contributed by atoms with Crippen molar-refractivity contribution in [3.8, 4) is 16.9 Å². The van der Waals surface area contributed by atoms with Crippen molar-refractivity contribution in [3.05, 3.63) is 70.7 Å². The summed E-state index contributed by atoms with van der Waals surface area (Å²) in [4.78, 5) is 15.2. The highest BCUT2D eigenvalue weighted by atomic mass is 16.6. The molecule has 0 aliphatic rings. The van der Waals surface area contributed by atoms with Crippen molar-refractivity contribution in [2.75, 3.05) is 12.4 Å². The first-order valence-corrected chi connectivity index (χ1v) is 8.41. The minimum atomic E-state index is -0.397. The van der Waals surface area contributed by atoms with Crippen LogP contribution in [0.5, 0.6) is 0 Å². The van der Waals surface area contributed by atoms with Gasteiger partial charge in [0, 0.05) is 30.9 Å². The van der Waals surface area contributed by atoms with E-state index in [1.807, 2.05) is 6.20 Å². The number of rotatable bonds is 4. The molecule has 0 atom stereocenters. The zero-order valence-corrected chi connectivity index (χ0v) is 15.4. The number of imidazole rings is 1. The lowest BCUT2D eigenvalue weighted by Crippen LogP contribution is -2.10. The molecule has 0 unspecified atom stereocenters. The lowest BCUT2D eigenvalue weighted by atomic mass is 9.86. The second-order valence-electron chi connectivity index (χ2n) is 7.20. The summed E-state index contributed by atoms with van der Waals surface area (Å²) in [6, 6.07) is 13.1. The number of nitrogens with one attached hydrogen (secondary N) is 1. The molecule has 26 heavy (non-hydrogen) atoms. The second-order valence-corrected chi connectivity index (χ2v) is 7.20. The van der Waals surface area contributed by atoms with E-state index in [1.54, 1.807) is 30.1 Å². The quantitative estimate of drug-likeness (QED) is 0.542. The predicted molar refractivity (Wildman–Crippen MR) is 104 cm³/mol. The van der Waals surface area contributed by atoms with E-state index in [2.05, 4.69) is 55.3 Å². The Labute approximate surface area is 152 Å². The van der Waals surface area contributed by atoms with Crippen LogP contribution in [0, 0.1) is 10.1 Å². The Morgan fingerprint density at radius 2 is 1.81 bits per heavy atom. The van der Waals surface area contributed by atoms with Gasteiger partial charge < -0.3 is 9.88 Å². The molecule has 2 aromatic carbocycles. The van der Waals surface area contributed by atoms with Crippen LogP contribution in [0.25, 0.3) is 16.9 Å². The van der Waals surface area contributed by atoms with Crippen LogP contribution in [-0.4, -0.2) is 21.5 Å². The maximum absolute atomic E-state index is 11.1. The van der Waals surface area contributed by atoms with Crippen LogP contribution >= 0.6 is 0 Å². The highest BCUT2D eigenvalue weighted by molar-refractivity contribution is 5.66. The van der Waals surface area contributed by atoms with Crippen LogP contribution in [0.2, 0.25) is 0 Å². The second kappa shape index (κ2) is 6.63. The molecular formula is C20H22N4O2. The van der Waals surface area contributed by atoms with Crippen molar-refractivity contribution in [2.24, 2.45) is 0 Å². The zero-order chi connectivity index (χ0) is 18.9. The molecule has 6 nitrogen and oxygen atoms in total. The van der Waals surface area contributed by atoms with Gasteiger partial charge in [-0.1, -0.05) is 45.0 Å². The molecule has 1 heterocycles. The first-order chi connectivity index (χ1) is 12.3. The normalized spacial score (nSPS) is 11.4. The van der Waals surface area contributed by atoms with Gasteiger partial charge in [0.05, 0.1) is 28.3 Å². The van der Waals surface area contributed by atoms with E-state index in [1.165, 1.54) is 11.6 Å². The number of anilines is 1. The first kappa shape index (κ1) is 17.7. The standard InChI is InChI=1S/C20H22N4O2/c1-20(2,3)15-7-5-14(6-8-15)18-12-23(13-22-18)19-11-16(24(25)26)9-10-17(19)21-4/h5-13,21H,1-4H3. The van der Waals surface area contributed by atoms with Gasteiger partial charge >= 0.3 is 0 Å². The number of non-ortho nitro benzene ring substituents is 1. The molecule has 0 radical (unpaired) electrons. The number of hydrogen-bond donors (Lipinski definition) is 1. The Balaban J connectivity index is 1.98. The molecule has 6 heteroatoms. The monoisotopic (exact) mass is 350 g/mol. The third kappa shape index (κ3) is 3.44. The summed E-state index contributed by atoms with van der Waals surface area (Å²) in [5.41, 5.74) is 4.71. The molecule has 0 aliphatic heterocycles. The summed E-state index contributed by atoms with van der Waals surface area (Å²) in [7, 11) is 1.79. The fourth-order valence-electron chi connectivity index (χ4n) is 2.80. The molecule has 0 bridgehead atoms. The Morgan fingerprint density at radius 3 is 2.38 bits per heavy atom. The van der Waals surface area contributed by atoms with Crippen molar-refractivity contribution in [3.63, 3.8) is 0 Å². The molecule has 0 aliphatic carbocycles. The topological polar surface area (TPSA) is 73.0 Å². The lowest BCUT2D eigenvalue weighted by molar-refractivity contribution is -0.384. The summed E-state index contributed by atoms with van der Waals surface area (Å²) in [6.45, 7) is 6.54. The Hall–Kier alpha value is -3.15. The molecule has 1 N–H and O–H groups in total. The van der Waals surface area contributed by atoms with Gasteiger partial charge in [-0.25, -0.2) is 4.98 Å². The fraction of sp³-hybridized carbons (Fsp3) is 0.250. The highest BCUT2D eigenvalue weighted by Gasteiger charge is 2.15. The van der Waals surface area contributed by atoms with E-state index < -0.39 is 4.92 Å². The van der Waals surface area contributed by atoms with Gasteiger partial charge in [-0.2, -0.15) is 0 Å². The molecule has 3 rings (SSSR count). The van der Waals surface area contributed by atoms with Crippen LogP contribution in [0.15, 0.2) is 55.0 Å². The third-order valence-corrected chi connectivity index (χ3v) is 4.37. The van der Waals surface area contributed by atoms with Crippen LogP contribution in [0.3, 0.4) is 0 Å². The SMILES string of the molecule is CNc1ccc([N+](=O)[O-])cc1-n1cnc(-c2ccc(C(C)(C)C)cc2)c1. The van der Waals surface area contributed by atoms with E-state index >= 15 is 0 Å². The van der Waals surface area contributed by atoms with Crippen LogP contribution in [0.1, 0.15) is 26.3 Å². The van der Waals surface area contributed by atoms with Crippen molar-refractivity contribution in [1.29, 1.82) is 0 Å². The Bertz CT molecular complexity index is 937. The summed E-state index contributed by atoms with van der Waals surface area (Å²) in [5, 5.41) is 14.1. The summed E-state index contributed by atoms with van der Waals surface area (Å²) < 4.78 is 1.80. The molecule has 0 saturated heterocycles. The Kier molecular flexibility index (Phi) is 4.50. The number of benzene rings is 2. The molecule has 1 aromatic heterocycles. The van der Waals surface area contributed by atoms with Gasteiger partial charge in [0.1, 0.15) is 0 Å². The van der Waals surface area contributed by atoms with Crippen molar-refractivity contribution >= 4 is 11.4 Å². The van der Waals surface area contributed by atoms with Crippen LogP contribution in [-0.2, 0) is 5.41 Å². The highest BCUT2D eigenvalue weighted by Crippen LogP contribution is 2.28. The maximum atomic E-state index is 11.1. The number of nitro groups is 1.